The number of pyridine rings is 1. The van der Waals surface area contributed by atoms with Crippen molar-refractivity contribution in [3.8, 4) is 0 Å². The van der Waals surface area contributed by atoms with E-state index in [1.807, 2.05) is 0 Å². The van der Waals surface area contributed by atoms with Gasteiger partial charge in [-0.2, -0.15) is 0 Å². The van der Waals surface area contributed by atoms with Crippen LogP contribution in [-0.4, -0.2) is 42.4 Å². The van der Waals surface area contributed by atoms with E-state index in [0.29, 0.717) is 24.2 Å². The number of nitrogens with one attached hydrogen (secondary N) is 1. The molecule has 0 radical (unpaired) electrons. The summed E-state index contributed by atoms with van der Waals surface area (Å²) in [6, 6.07) is 3.45. The fourth-order valence-corrected chi connectivity index (χ4v) is 1.45. The number of methoxy groups -OCH3 is 1. The van der Waals surface area contributed by atoms with Crippen LogP contribution in [-0.2, 0) is 4.74 Å². The van der Waals surface area contributed by atoms with Gasteiger partial charge in [-0.25, -0.2) is 0 Å². The first-order valence-electron chi connectivity index (χ1n) is 5.52. The van der Waals surface area contributed by atoms with Gasteiger partial charge in [-0.1, -0.05) is 0 Å². The molecule has 0 saturated heterocycles. The molecule has 0 saturated carbocycles. The summed E-state index contributed by atoms with van der Waals surface area (Å²) in [6.45, 7) is 2.48. The molecule has 0 spiro atoms. The fourth-order valence-electron chi connectivity index (χ4n) is 1.45. The molecule has 0 fully saturated rings. The van der Waals surface area contributed by atoms with Crippen LogP contribution >= 0.6 is 0 Å². The SMILES string of the molecule is COCC(O)CCNC(=O)c1cccnc1C. The lowest BCUT2D eigenvalue weighted by molar-refractivity contribution is 0.0587. The van der Waals surface area contributed by atoms with Gasteiger partial charge in [0, 0.05) is 25.5 Å². The maximum Gasteiger partial charge on any atom is 0.253 e. The molecule has 1 amide bonds. The van der Waals surface area contributed by atoms with E-state index in [2.05, 4.69) is 10.3 Å². The second-order valence-corrected chi connectivity index (χ2v) is 3.79. The summed E-state index contributed by atoms with van der Waals surface area (Å²) in [6.07, 6.45) is 1.57. The van der Waals surface area contributed by atoms with Crippen LogP contribution in [0.3, 0.4) is 0 Å². The average molecular weight is 238 g/mol. The Morgan fingerprint density at radius 2 is 2.41 bits per heavy atom. The Kier molecular flexibility index (Phi) is 5.59. The molecule has 1 rings (SSSR count). The lowest BCUT2D eigenvalue weighted by Gasteiger charge is -2.10. The highest BCUT2D eigenvalue weighted by atomic mass is 16.5. The lowest BCUT2D eigenvalue weighted by atomic mass is 10.2. The molecule has 0 aromatic carbocycles. The number of aliphatic hydroxyl groups is 1. The molecule has 1 heterocycles. The molecule has 2 N–H and O–H groups in total. The van der Waals surface area contributed by atoms with Gasteiger partial charge < -0.3 is 15.2 Å². The maximum absolute atomic E-state index is 11.7. The molecule has 17 heavy (non-hydrogen) atoms. The van der Waals surface area contributed by atoms with Gasteiger partial charge >= 0.3 is 0 Å². The Hall–Kier alpha value is -1.46. The number of ether oxygens (including phenoxy) is 1. The fraction of sp³-hybridized carbons (Fsp3) is 0.500. The monoisotopic (exact) mass is 238 g/mol. The molecule has 0 aliphatic rings. The Balaban J connectivity index is 2.38. The number of carbonyl (C=O) groups is 1. The van der Waals surface area contributed by atoms with Crippen molar-refractivity contribution in [1.82, 2.24) is 10.3 Å². The van der Waals surface area contributed by atoms with Crippen LogP contribution in [0.4, 0.5) is 0 Å². The van der Waals surface area contributed by atoms with Crippen molar-refractivity contribution in [3.63, 3.8) is 0 Å². The Morgan fingerprint density at radius 3 is 3.06 bits per heavy atom. The van der Waals surface area contributed by atoms with Crippen molar-refractivity contribution < 1.29 is 14.6 Å². The molecule has 1 aromatic heterocycles. The number of hydrogen-bond acceptors (Lipinski definition) is 4. The second-order valence-electron chi connectivity index (χ2n) is 3.79. The Labute approximate surface area is 101 Å². The van der Waals surface area contributed by atoms with Gasteiger partial charge in [0.2, 0.25) is 0 Å². The highest BCUT2D eigenvalue weighted by Crippen LogP contribution is 2.03. The van der Waals surface area contributed by atoms with Gasteiger partial charge in [-0.15, -0.1) is 0 Å². The number of nitrogens with zero attached hydrogens (tertiary/aromatic N) is 1. The number of aliphatic hydroxyl groups excluding tert-OH is 1. The lowest BCUT2D eigenvalue weighted by Crippen LogP contribution is -2.29. The van der Waals surface area contributed by atoms with Crippen molar-refractivity contribution in [2.45, 2.75) is 19.4 Å². The standard InChI is InChI=1S/C12H18N2O3/c1-9-11(4-3-6-13-9)12(16)14-7-5-10(15)8-17-2/h3-4,6,10,15H,5,7-8H2,1-2H3,(H,14,16). The molecule has 0 aliphatic carbocycles. The molecular weight excluding hydrogens is 220 g/mol. The van der Waals surface area contributed by atoms with Crippen LogP contribution in [0, 0.1) is 6.92 Å². The minimum Gasteiger partial charge on any atom is -0.391 e. The van der Waals surface area contributed by atoms with E-state index < -0.39 is 6.10 Å². The van der Waals surface area contributed by atoms with Gasteiger partial charge in [-0.05, 0) is 25.5 Å². The summed E-state index contributed by atoms with van der Waals surface area (Å²) in [5, 5.41) is 12.1. The van der Waals surface area contributed by atoms with E-state index in [0.717, 1.165) is 0 Å². The summed E-state index contributed by atoms with van der Waals surface area (Å²) in [4.78, 5) is 15.8. The summed E-state index contributed by atoms with van der Waals surface area (Å²) in [5.74, 6) is -0.166. The third kappa shape index (κ3) is 4.50. The largest absolute Gasteiger partial charge is 0.391 e. The van der Waals surface area contributed by atoms with Crippen LogP contribution < -0.4 is 5.32 Å². The van der Waals surface area contributed by atoms with Gasteiger partial charge in [0.1, 0.15) is 0 Å². The minimum absolute atomic E-state index is 0.166. The predicted molar refractivity (Wildman–Crippen MR) is 63.8 cm³/mol. The molecule has 5 heteroatoms. The summed E-state index contributed by atoms with van der Waals surface area (Å²) >= 11 is 0. The third-order valence-corrected chi connectivity index (χ3v) is 2.37. The Bertz CT molecular complexity index is 369. The second kappa shape index (κ2) is 6.98. The molecule has 1 unspecified atom stereocenters. The minimum atomic E-state index is -0.546. The molecule has 0 aliphatic heterocycles. The third-order valence-electron chi connectivity index (χ3n) is 2.37. The quantitative estimate of drug-likeness (QED) is 0.758. The molecular formula is C12H18N2O3. The van der Waals surface area contributed by atoms with Crippen molar-refractivity contribution >= 4 is 5.91 Å². The van der Waals surface area contributed by atoms with Crippen LogP contribution in [0.1, 0.15) is 22.5 Å². The van der Waals surface area contributed by atoms with Gasteiger partial charge in [0.15, 0.2) is 0 Å². The number of rotatable bonds is 6. The van der Waals surface area contributed by atoms with E-state index in [1.54, 1.807) is 25.3 Å². The maximum atomic E-state index is 11.7. The molecule has 1 aromatic rings. The van der Waals surface area contributed by atoms with Gasteiger partial charge in [0.05, 0.1) is 18.3 Å². The average Bonchev–Trinajstić information content (AvgIpc) is 2.29. The van der Waals surface area contributed by atoms with Crippen LogP contribution in [0.25, 0.3) is 0 Å². The van der Waals surface area contributed by atoms with E-state index >= 15 is 0 Å². The van der Waals surface area contributed by atoms with Gasteiger partial charge in [0.25, 0.3) is 5.91 Å². The van der Waals surface area contributed by atoms with Crippen LogP contribution in [0.2, 0.25) is 0 Å². The smallest absolute Gasteiger partial charge is 0.253 e. The predicted octanol–water partition coefficient (Wildman–Crippen LogP) is 0.517. The zero-order valence-electron chi connectivity index (χ0n) is 10.1. The van der Waals surface area contributed by atoms with Gasteiger partial charge in [-0.3, -0.25) is 9.78 Å². The number of aromatic nitrogens is 1. The first-order chi connectivity index (χ1) is 8.15. The van der Waals surface area contributed by atoms with E-state index in [-0.39, 0.29) is 12.5 Å². The molecule has 0 bridgehead atoms. The van der Waals surface area contributed by atoms with E-state index in [4.69, 9.17) is 4.74 Å². The first kappa shape index (κ1) is 13.6. The highest BCUT2D eigenvalue weighted by Gasteiger charge is 2.09. The molecule has 5 nitrogen and oxygen atoms in total. The summed E-state index contributed by atoms with van der Waals surface area (Å²) < 4.78 is 4.79. The Morgan fingerprint density at radius 1 is 1.65 bits per heavy atom. The number of hydrogen-bond donors (Lipinski definition) is 2. The number of carbonyl (C=O) groups excluding carboxylic acids is 1. The van der Waals surface area contributed by atoms with E-state index in [1.165, 1.54) is 7.11 Å². The van der Waals surface area contributed by atoms with Crippen LogP contribution in [0.15, 0.2) is 18.3 Å². The summed E-state index contributed by atoms with van der Waals surface area (Å²) in [7, 11) is 1.53. The van der Waals surface area contributed by atoms with Crippen molar-refractivity contribution in [2.75, 3.05) is 20.3 Å². The number of aryl methyl sites for hydroxylation is 1. The summed E-state index contributed by atoms with van der Waals surface area (Å²) in [5.41, 5.74) is 1.26. The van der Waals surface area contributed by atoms with E-state index in [9.17, 15) is 9.90 Å². The van der Waals surface area contributed by atoms with Crippen molar-refractivity contribution in [1.29, 1.82) is 0 Å². The molecule has 94 valence electrons. The van der Waals surface area contributed by atoms with Crippen LogP contribution in [0.5, 0.6) is 0 Å². The first-order valence-corrected chi connectivity index (χ1v) is 5.52. The highest BCUT2D eigenvalue weighted by molar-refractivity contribution is 5.95. The van der Waals surface area contributed by atoms with Crippen molar-refractivity contribution in [3.05, 3.63) is 29.6 Å². The number of amides is 1. The zero-order chi connectivity index (χ0) is 12.7. The normalized spacial score (nSPS) is 12.2. The van der Waals surface area contributed by atoms with Crippen molar-refractivity contribution in [2.24, 2.45) is 0 Å². The topological polar surface area (TPSA) is 71.5 Å². The molecule has 1 atom stereocenters. The zero-order valence-corrected chi connectivity index (χ0v) is 10.1.